The van der Waals surface area contributed by atoms with Crippen molar-refractivity contribution in [2.24, 2.45) is 0 Å². The van der Waals surface area contributed by atoms with Gasteiger partial charge in [-0.15, -0.1) is 0 Å². The highest BCUT2D eigenvalue weighted by molar-refractivity contribution is 14.1. The van der Waals surface area contributed by atoms with Crippen molar-refractivity contribution in [1.82, 2.24) is 0 Å². The Morgan fingerprint density at radius 2 is 2.13 bits per heavy atom. The number of hydrogen-bond acceptors (Lipinski definition) is 2. The quantitative estimate of drug-likeness (QED) is 0.630. The van der Waals surface area contributed by atoms with E-state index in [2.05, 4.69) is 47.7 Å². The average molecular weight is 318 g/mol. The summed E-state index contributed by atoms with van der Waals surface area (Å²) < 4.78 is 6.10. The summed E-state index contributed by atoms with van der Waals surface area (Å²) in [5, 5.41) is 0. The van der Waals surface area contributed by atoms with Gasteiger partial charge in [-0.3, -0.25) is 4.79 Å². The van der Waals surface area contributed by atoms with Gasteiger partial charge in [0.2, 0.25) is 0 Å². The first-order valence-electron chi connectivity index (χ1n) is 5.03. The molecule has 82 valence electrons. The van der Waals surface area contributed by atoms with Gasteiger partial charge >= 0.3 is 5.97 Å². The third kappa shape index (κ3) is 4.64. The van der Waals surface area contributed by atoms with Crippen LogP contribution in [0, 0.1) is 10.5 Å². The molecule has 0 heterocycles. The van der Waals surface area contributed by atoms with Gasteiger partial charge in [0.15, 0.2) is 0 Å². The predicted molar refractivity (Wildman–Crippen MR) is 68.9 cm³/mol. The van der Waals surface area contributed by atoms with Crippen molar-refractivity contribution in [3.05, 3.63) is 32.9 Å². The fraction of sp³-hybridized carbons (Fsp3) is 0.417. The number of hydrogen-bond donors (Lipinski definition) is 0. The van der Waals surface area contributed by atoms with Gasteiger partial charge < -0.3 is 4.74 Å². The number of halogens is 1. The van der Waals surface area contributed by atoms with Crippen molar-refractivity contribution in [3.8, 4) is 0 Å². The first-order valence-corrected chi connectivity index (χ1v) is 6.11. The molecule has 0 atom stereocenters. The smallest absolute Gasteiger partial charge is 0.306 e. The van der Waals surface area contributed by atoms with Gasteiger partial charge in [0, 0.05) is 9.99 Å². The van der Waals surface area contributed by atoms with Crippen molar-refractivity contribution in [1.29, 1.82) is 0 Å². The van der Waals surface area contributed by atoms with Gasteiger partial charge in [0.25, 0.3) is 0 Å². The number of esters is 1. The van der Waals surface area contributed by atoms with Gasteiger partial charge in [-0.25, -0.2) is 0 Å². The van der Waals surface area contributed by atoms with E-state index >= 15 is 0 Å². The molecule has 3 heteroatoms. The van der Waals surface area contributed by atoms with E-state index in [9.17, 15) is 4.79 Å². The number of ether oxygens (including phenoxy) is 1. The van der Waals surface area contributed by atoms with Crippen LogP contribution in [-0.4, -0.2) is 12.6 Å². The summed E-state index contributed by atoms with van der Waals surface area (Å²) in [4.78, 5) is 11.2. The molecule has 0 aliphatic carbocycles. The summed E-state index contributed by atoms with van der Waals surface area (Å²) in [5.41, 5.74) is 2.44. The summed E-state index contributed by atoms with van der Waals surface area (Å²) >= 11 is 2.29. The van der Waals surface area contributed by atoms with E-state index in [0.717, 1.165) is 6.42 Å². The summed E-state index contributed by atoms with van der Waals surface area (Å²) in [6.07, 6.45) is 1.23. The lowest BCUT2D eigenvalue weighted by Gasteiger charge is -2.04. The number of rotatable bonds is 4. The normalized spacial score (nSPS) is 10.1. The average Bonchev–Trinajstić information content (AvgIpc) is 2.14. The molecule has 0 aliphatic rings. The molecule has 0 bridgehead atoms. The molecule has 0 aliphatic heterocycles. The molecule has 15 heavy (non-hydrogen) atoms. The SMILES string of the molecule is CCOC(=O)CCc1cc(C)cc(I)c1. The van der Waals surface area contributed by atoms with Crippen LogP contribution in [0.3, 0.4) is 0 Å². The Labute approximate surface area is 104 Å². The Morgan fingerprint density at radius 1 is 1.40 bits per heavy atom. The molecule has 1 aromatic rings. The van der Waals surface area contributed by atoms with Crippen LogP contribution in [0.4, 0.5) is 0 Å². The fourth-order valence-corrected chi connectivity index (χ4v) is 2.33. The lowest BCUT2D eigenvalue weighted by molar-refractivity contribution is -0.143. The number of carbonyl (C=O) groups excluding carboxylic acids is 1. The van der Waals surface area contributed by atoms with E-state index in [1.165, 1.54) is 14.7 Å². The third-order valence-electron chi connectivity index (χ3n) is 2.03. The van der Waals surface area contributed by atoms with Crippen molar-refractivity contribution in [2.45, 2.75) is 26.7 Å². The van der Waals surface area contributed by atoms with Crippen LogP contribution in [0.1, 0.15) is 24.5 Å². The maximum Gasteiger partial charge on any atom is 0.306 e. The zero-order valence-corrected chi connectivity index (χ0v) is 11.2. The van der Waals surface area contributed by atoms with Gasteiger partial charge in [-0.1, -0.05) is 6.07 Å². The van der Waals surface area contributed by atoms with Gasteiger partial charge in [-0.05, 0) is 66.1 Å². The van der Waals surface area contributed by atoms with E-state index in [1.807, 2.05) is 6.92 Å². The Hall–Kier alpha value is -0.580. The van der Waals surface area contributed by atoms with Crippen LogP contribution in [0.15, 0.2) is 18.2 Å². The molecule has 2 nitrogen and oxygen atoms in total. The third-order valence-corrected chi connectivity index (χ3v) is 2.65. The standard InChI is InChI=1S/C12H15IO2/c1-3-15-12(14)5-4-10-6-9(2)7-11(13)8-10/h6-8H,3-5H2,1-2H3. The fourth-order valence-electron chi connectivity index (χ4n) is 1.44. The van der Waals surface area contributed by atoms with Crippen LogP contribution in [-0.2, 0) is 16.0 Å². The zero-order valence-electron chi connectivity index (χ0n) is 9.05. The zero-order chi connectivity index (χ0) is 11.3. The Balaban J connectivity index is 2.54. The van der Waals surface area contributed by atoms with Crippen LogP contribution < -0.4 is 0 Å². The molecule has 0 saturated heterocycles. The highest BCUT2D eigenvalue weighted by Crippen LogP contribution is 2.13. The lowest BCUT2D eigenvalue weighted by atomic mass is 10.1. The predicted octanol–water partition coefficient (Wildman–Crippen LogP) is 3.10. The van der Waals surface area contributed by atoms with Crippen LogP contribution >= 0.6 is 22.6 Å². The number of benzene rings is 1. The molecule has 0 amide bonds. The van der Waals surface area contributed by atoms with Gasteiger partial charge in [0.1, 0.15) is 0 Å². The molecular weight excluding hydrogens is 303 g/mol. The van der Waals surface area contributed by atoms with Crippen molar-refractivity contribution < 1.29 is 9.53 Å². The van der Waals surface area contributed by atoms with Crippen molar-refractivity contribution in [3.63, 3.8) is 0 Å². The van der Waals surface area contributed by atoms with Crippen molar-refractivity contribution >= 4 is 28.6 Å². The maximum atomic E-state index is 11.2. The molecule has 1 rings (SSSR count). The molecule has 0 saturated carbocycles. The second-order valence-corrected chi connectivity index (χ2v) is 4.69. The molecule has 0 radical (unpaired) electrons. The lowest BCUT2D eigenvalue weighted by Crippen LogP contribution is -2.05. The number of aryl methyl sites for hydroxylation is 2. The minimum Gasteiger partial charge on any atom is -0.466 e. The second kappa shape index (κ2) is 6.10. The van der Waals surface area contributed by atoms with E-state index < -0.39 is 0 Å². The van der Waals surface area contributed by atoms with Crippen LogP contribution in [0.25, 0.3) is 0 Å². The van der Waals surface area contributed by atoms with Crippen molar-refractivity contribution in [2.75, 3.05) is 6.61 Å². The minimum atomic E-state index is -0.117. The molecule has 0 N–H and O–H groups in total. The molecule has 1 aromatic carbocycles. The highest BCUT2D eigenvalue weighted by atomic mass is 127. The Morgan fingerprint density at radius 3 is 2.73 bits per heavy atom. The summed E-state index contributed by atoms with van der Waals surface area (Å²) in [6.45, 7) is 4.35. The first-order chi connectivity index (χ1) is 7.11. The van der Waals surface area contributed by atoms with Gasteiger partial charge in [-0.2, -0.15) is 0 Å². The largest absolute Gasteiger partial charge is 0.466 e. The van der Waals surface area contributed by atoms with E-state index in [4.69, 9.17) is 4.74 Å². The van der Waals surface area contributed by atoms with Crippen LogP contribution in [0.5, 0.6) is 0 Å². The molecular formula is C12H15IO2. The first kappa shape index (κ1) is 12.5. The monoisotopic (exact) mass is 318 g/mol. The second-order valence-electron chi connectivity index (χ2n) is 3.44. The molecule has 0 aromatic heterocycles. The highest BCUT2D eigenvalue weighted by Gasteiger charge is 2.03. The summed E-state index contributed by atoms with van der Waals surface area (Å²) in [6, 6.07) is 6.34. The van der Waals surface area contributed by atoms with E-state index in [0.29, 0.717) is 13.0 Å². The van der Waals surface area contributed by atoms with Crippen LogP contribution in [0.2, 0.25) is 0 Å². The molecule has 0 fully saturated rings. The maximum absolute atomic E-state index is 11.2. The van der Waals surface area contributed by atoms with E-state index in [1.54, 1.807) is 0 Å². The summed E-state index contributed by atoms with van der Waals surface area (Å²) in [7, 11) is 0. The van der Waals surface area contributed by atoms with Gasteiger partial charge in [0.05, 0.1) is 6.61 Å². The Kier molecular flexibility index (Phi) is 5.08. The molecule has 0 spiro atoms. The topological polar surface area (TPSA) is 26.3 Å². The summed E-state index contributed by atoms with van der Waals surface area (Å²) in [5.74, 6) is -0.117. The molecule has 0 unspecified atom stereocenters. The Bertz CT molecular complexity index is 327. The minimum absolute atomic E-state index is 0.117. The van der Waals surface area contributed by atoms with E-state index in [-0.39, 0.29) is 5.97 Å². The number of carbonyl (C=O) groups is 1.